The van der Waals surface area contributed by atoms with Gasteiger partial charge in [0.05, 0.1) is 19.0 Å². The summed E-state index contributed by atoms with van der Waals surface area (Å²) in [6, 6.07) is 9.35. The highest BCUT2D eigenvalue weighted by molar-refractivity contribution is 5.83. The monoisotopic (exact) mass is 482 g/mol. The van der Waals surface area contributed by atoms with Gasteiger partial charge in [-0.2, -0.15) is 9.97 Å². The lowest BCUT2D eigenvalue weighted by Crippen LogP contribution is -2.30. The van der Waals surface area contributed by atoms with Crippen LogP contribution in [0, 0.1) is 0 Å². The number of benzene rings is 1. The van der Waals surface area contributed by atoms with Gasteiger partial charge >= 0.3 is 0 Å². The Hall–Kier alpha value is -3.72. The number of nitrogens with one attached hydrogen (secondary N) is 1. The maximum atomic E-state index is 10.8. The van der Waals surface area contributed by atoms with Gasteiger partial charge in [-0.05, 0) is 29.3 Å². The molecule has 1 aliphatic heterocycles. The molecule has 4 aromatic rings. The van der Waals surface area contributed by atoms with Crippen molar-refractivity contribution in [3.8, 4) is 0 Å². The summed E-state index contributed by atoms with van der Waals surface area (Å²) in [4.78, 5) is 13.1. The molecular formula is C21H26N10O4. The topological polar surface area (TPSA) is 195 Å². The second-order valence-electron chi connectivity index (χ2n) is 8.25. The van der Waals surface area contributed by atoms with E-state index in [1.54, 1.807) is 0 Å². The van der Waals surface area contributed by atoms with E-state index in [1.165, 1.54) is 15.6 Å². The summed E-state index contributed by atoms with van der Waals surface area (Å²) in [5, 5.41) is 45.9. The number of ether oxygens (including phenoxy) is 1. The molecule has 5 rings (SSSR count). The Kier molecular flexibility index (Phi) is 6.25. The molecule has 14 heteroatoms. The summed E-state index contributed by atoms with van der Waals surface area (Å²) in [6.07, 6.45) is -2.61. The van der Waals surface area contributed by atoms with Crippen LogP contribution in [0.3, 0.4) is 0 Å². The molecular weight excluding hydrogens is 456 g/mol. The van der Waals surface area contributed by atoms with E-state index >= 15 is 0 Å². The van der Waals surface area contributed by atoms with Gasteiger partial charge in [0.25, 0.3) is 0 Å². The molecule has 0 radical (unpaired) electrons. The van der Waals surface area contributed by atoms with Crippen LogP contribution < -0.4 is 11.1 Å². The van der Waals surface area contributed by atoms with Crippen molar-refractivity contribution in [2.45, 2.75) is 50.5 Å². The second kappa shape index (κ2) is 9.50. The van der Waals surface area contributed by atoms with Crippen LogP contribution in [0.5, 0.6) is 0 Å². The van der Waals surface area contributed by atoms with E-state index in [0.717, 1.165) is 5.56 Å². The van der Waals surface area contributed by atoms with Crippen molar-refractivity contribution in [2.75, 3.05) is 17.7 Å². The lowest BCUT2D eigenvalue weighted by atomic mass is 10.1. The lowest BCUT2D eigenvalue weighted by molar-refractivity contribution is -0.0396. The van der Waals surface area contributed by atoms with Crippen LogP contribution in [0.25, 0.3) is 11.2 Å². The predicted octanol–water partition coefficient (Wildman–Crippen LogP) is -0.578. The number of nitrogens with two attached hydrogens (primary N) is 1. The fourth-order valence-corrected chi connectivity index (χ4v) is 4.17. The number of fused-ring (bicyclic) bond motifs is 1. The maximum Gasteiger partial charge on any atom is 0.227 e. The summed E-state index contributed by atoms with van der Waals surface area (Å²) >= 11 is 0. The number of aliphatic hydroxyl groups excluding tert-OH is 3. The second-order valence-corrected chi connectivity index (χ2v) is 8.25. The average molecular weight is 483 g/mol. The molecule has 35 heavy (non-hydrogen) atoms. The number of aryl methyl sites for hydroxylation is 1. The minimum atomic E-state index is -1.31. The Balaban J connectivity index is 1.43. The van der Waals surface area contributed by atoms with Crippen molar-refractivity contribution in [1.29, 1.82) is 0 Å². The number of imidazole rings is 1. The largest absolute Gasteiger partial charge is 0.394 e. The van der Waals surface area contributed by atoms with Crippen LogP contribution in [0.2, 0.25) is 0 Å². The summed E-state index contributed by atoms with van der Waals surface area (Å²) < 4.78 is 8.95. The number of rotatable bonds is 8. The first kappa shape index (κ1) is 23.0. The lowest BCUT2D eigenvalue weighted by Gasteiger charge is -2.18. The van der Waals surface area contributed by atoms with Crippen molar-refractivity contribution < 1.29 is 20.1 Å². The normalized spacial score (nSPS) is 23.1. The zero-order valence-electron chi connectivity index (χ0n) is 18.9. The summed E-state index contributed by atoms with van der Waals surface area (Å²) in [5.74, 6) is 0.604. The highest BCUT2D eigenvalue weighted by Crippen LogP contribution is 2.39. The van der Waals surface area contributed by atoms with E-state index in [4.69, 9.17) is 10.5 Å². The molecule has 14 nitrogen and oxygen atoms in total. The third-order valence-corrected chi connectivity index (χ3v) is 5.95. The molecule has 0 amide bonds. The Morgan fingerprint density at radius 1 is 1.17 bits per heavy atom. The number of nitrogen functional groups attached to an aromatic ring is 1. The number of aliphatic hydroxyl groups is 3. The minimum Gasteiger partial charge on any atom is -0.394 e. The third-order valence-electron chi connectivity index (χ3n) is 5.95. The van der Waals surface area contributed by atoms with Gasteiger partial charge in [-0.1, -0.05) is 30.3 Å². The Bertz CT molecular complexity index is 1300. The molecule has 0 spiro atoms. The first-order valence-electron chi connectivity index (χ1n) is 11.2. The first-order chi connectivity index (χ1) is 17.0. The molecule has 0 bridgehead atoms. The maximum absolute atomic E-state index is 10.8. The van der Waals surface area contributed by atoms with Gasteiger partial charge in [-0.15, -0.1) is 5.10 Å². The summed E-state index contributed by atoms with van der Waals surface area (Å²) in [5.41, 5.74) is 7.77. The van der Waals surface area contributed by atoms with E-state index in [2.05, 4.69) is 35.8 Å². The average Bonchev–Trinajstić information content (AvgIpc) is 3.57. The van der Waals surface area contributed by atoms with Crippen LogP contribution in [-0.4, -0.2) is 79.9 Å². The zero-order valence-corrected chi connectivity index (χ0v) is 18.9. The Labute approximate surface area is 199 Å². The molecule has 5 atom stereocenters. The number of hydrogen-bond acceptors (Lipinski definition) is 12. The van der Waals surface area contributed by atoms with Gasteiger partial charge in [-0.25, -0.2) is 9.67 Å². The van der Waals surface area contributed by atoms with Crippen LogP contribution in [0.4, 0.5) is 11.8 Å². The molecule has 0 saturated carbocycles. The fourth-order valence-electron chi connectivity index (χ4n) is 4.17. The molecule has 0 aliphatic carbocycles. The highest BCUT2D eigenvalue weighted by atomic mass is 16.6. The number of tetrazole rings is 1. The Morgan fingerprint density at radius 3 is 2.71 bits per heavy atom. The highest BCUT2D eigenvalue weighted by Gasteiger charge is 2.47. The minimum absolute atomic E-state index is 0.118. The van der Waals surface area contributed by atoms with Crippen molar-refractivity contribution in [3.05, 3.63) is 48.0 Å². The van der Waals surface area contributed by atoms with Gasteiger partial charge in [-0.3, -0.25) is 4.57 Å². The van der Waals surface area contributed by atoms with Crippen molar-refractivity contribution in [2.24, 2.45) is 0 Å². The number of hydrogen-bond donors (Lipinski definition) is 5. The molecule has 3 aromatic heterocycles. The van der Waals surface area contributed by atoms with Gasteiger partial charge < -0.3 is 31.1 Å². The van der Waals surface area contributed by atoms with E-state index < -0.39 is 24.5 Å². The molecule has 1 fully saturated rings. The van der Waals surface area contributed by atoms with Crippen LogP contribution >= 0.6 is 0 Å². The van der Waals surface area contributed by atoms with Crippen LogP contribution in [-0.2, 0) is 17.7 Å². The molecule has 1 aromatic carbocycles. The van der Waals surface area contributed by atoms with Crippen LogP contribution in [0.15, 0.2) is 36.7 Å². The summed E-state index contributed by atoms with van der Waals surface area (Å²) in [7, 11) is 0. The van der Waals surface area contributed by atoms with E-state index in [1.807, 2.05) is 37.3 Å². The molecule has 6 N–H and O–H groups in total. The van der Waals surface area contributed by atoms with Gasteiger partial charge in [0.15, 0.2) is 23.5 Å². The number of nitrogens with zero attached hydrogens (tertiary/aromatic N) is 8. The summed E-state index contributed by atoms with van der Waals surface area (Å²) in [6.45, 7) is 2.17. The molecule has 1 saturated heterocycles. The molecule has 0 unspecified atom stereocenters. The SMILES string of the molecule is CCn1nnnc1[C@@H]1O[C@@H](n2cnc3c(N)nc(N[C@H](CO)Cc4ccccc4)nc32)[C@H](O)[C@@H]1O. The quantitative estimate of drug-likeness (QED) is 0.215. The molecule has 1 aliphatic rings. The first-order valence-corrected chi connectivity index (χ1v) is 11.2. The zero-order chi connectivity index (χ0) is 24.5. The number of aromatic nitrogens is 8. The molecule has 4 heterocycles. The van der Waals surface area contributed by atoms with Gasteiger partial charge in [0.1, 0.15) is 23.8 Å². The van der Waals surface area contributed by atoms with Crippen molar-refractivity contribution in [1.82, 2.24) is 39.7 Å². The third kappa shape index (κ3) is 4.27. The smallest absolute Gasteiger partial charge is 0.227 e. The van der Waals surface area contributed by atoms with Gasteiger partial charge in [0, 0.05) is 6.54 Å². The van der Waals surface area contributed by atoms with E-state index in [-0.39, 0.29) is 24.4 Å². The van der Waals surface area contributed by atoms with Crippen molar-refractivity contribution in [3.63, 3.8) is 0 Å². The standard InChI is InChI=1S/C21H26N10O4/c1-2-31-19(27-28-29-31)16-14(33)15(34)20(35-16)30-10-23-13-17(22)25-21(26-18(13)30)24-12(9-32)8-11-6-4-3-5-7-11/h3-7,10,12,14-16,20,32-34H,2,8-9H2,1H3,(H3,22,24,25,26)/t12-,14-,15+,16+,20+/m0/s1. The molecule has 184 valence electrons. The van der Waals surface area contributed by atoms with Crippen molar-refractivity contribution >= 4 is 22.9 Å². The van der Waals surface area contributed by atoms with E-state index in [9.17, 15) is 15.3 Å². The number of anilines is 2. The Morgan fingerprint density at radius 2 is 1.97 bits per heavy atom. The predicted molar refractivity (Wildman–Crippen MR) is 123 cm³/mol. The fraction of sp³-hybridized carbons (Fsp3) is 0.429. The van der Waals surface area contributed by atoms with Crippen LogP contribution in [0.1, 0.15) is 30.6 Å². The van der Waals surface area contributed by atoms with E-state index in [0.29, 0.717) is 30.0 Å². The van der Waals surface area contributed by atoms with Gasteiger partial charge in [0.2, 0.25) is 5.95 Å².